The van der Waals surface area contributed by atoms with Crippen molar-refractivity contribution >= 4 is 11.6 Å². The average Bonchev–Trinajstić information content (AvgIpc) is 2.18. The molecule has 1 unspecified atom stereocenters. The van der Waals surface area contributed by atoms with E-state index in [0.717, 1.165) is 18.0 Å². The third kappa shape index (κ3) is 4.20. The van der Waals surface area contributed by atoms with E-state index in [2.05, 4.69) is 30.4 Å². The number of hydrogen-bond acceptors (Lipinski definition) is 2. The van der Waals surface area contributed by atoms with Crippen molar-refractivity contribution in [3.63, 3.8) is 0 Å². The van der Waals surface area contributed by atoms with E-state index in [-0.39, 0.29) is 0 Å². The van der Waals surface area contributed by atoms with Gasteiger partial charge in [-0.15, -0.1) is 0 Å². The van der Waals surface area contributed by atoms with Crippen LogP contribution in [-0.4, -0.2) is 32.6 Å². The lowest BCUT2D eigenvalue weighted by molar-refractivity contribution is 0.368. The lowest BCUT2D eigenvalue weighted by Gasteiger charge is -2.19. The number of halogens is 1. The fourth-order valence-corrected chi connectivity index (χ4v) is 1.79. The van der Waals surface area contributed by atoms with Crippen LogP contribution in [0.2, 0.25) is 5.02 Å². The van der Waals surface area contributed by atoms with Gasteiger partial charge in [0.25, 0.3) is 0 Å². The van der Waals surface area contributed by atoms with Crippen molar-refractivity contribution in [2.45, 2.75) is 12.5 Å². The van der Waals surface area contributed by atoms with Crippen LogP contribution >= 0.6 is 11.6 Å². The van der Waals surface area contributed by atoms with Crippen LogP contribution in [0.3, 0.4) is 0 Å². The molecule has 0 radical (unpaired) electrons. The monoisotopic (exact) mass is 226 g/mol. The summed E-state index contributed by atoms with van der Waals surface area (Å²) in [4.78, 5) is 2.19. The summed E-state index contributed by atoms with van der Waals surface area (Å²) < 4.78 is 0. The number of nitrogens with one attached hydrogen (secondary N) is 1. The molecule has 1 atom stereocenters. The van der Waals surface area contributed by atoms with Gasteiger partial charge in [0.2, 0.25) is 0 Å². The summed E-state index contributed by atoms with van der Waals surface area (Å²) in [5.74, 6) is 0. The second-order valence-electron chi connectivity index (χ2n) is 3.99. The third-order valence-electron chi connectivity index (χ3n) is 2.46. The molecule has 1 aromatic carbocycles. The molecule has 1 aromatic rings. The Kier molecular flexibility index (Phi) is 5.09. The minimum Gasteiger partial charge on any atom is -0.313 e. The summed E-state index contributed by atoms with van der Waals surface area (Å²) in [6.45, 7) is 1.07. The Morgan fingerprint density at radius 3 is 2.67 bits per heavy atom. The predicted molar refractivity (Wildman–Crippen MR) is 66.4 cm³/mol. The Bertz CT molecular complexity index is 299. The first kappa shape index (κ1) is 12.5. The van der Waals surface area contributed by atoms with Crippen LogP contribution in [0.15, 0.2) is 24.3 Å². The first-order valence-electron chi connectivity index (χ1n) is 5.21. The second-order valence-corrected chi connectivity index (χ2v) is 4.42. The van der Waals surface area contributed by atoms with Gasteiger partial charge in [0.05, 0.1) is 0 Å². The van der Waals surface area contributed by atoms with Crippen molar-refractivity contribution in [3.05, 3.63) is 34.9 Å². The molecule has 0 saturated heterocycles. The molecular formula is C12H19ClN2. The van der Waals surface area contributed by atoms with Gasteiger partial charge in [0, 0.05) is 11.1 Å². The summed E-state index contributed by atoms with van der Waals surface area (Å²) in [7, 11) is 6.16. The minimum atomic E-state index is 0.381. The van der Waals surface area contributed by atoms with Crippen LogP contribution in [0.25, 0.3) is 0 Å². The Morgan fingerprint density at radius 2 is 2.13 bits per heavy atom. The minimum absolute atomic E-state index is 0.381. The molecule has 0 bridgehead atoms. The zero-order valence-electron chi connectivity index (χ0n) is 9.63. The smallest absolute Gasteiger partial charge is 0.0409 e. The van der Waals surface area contributed by atoms with E-state index < -0.39 is 0 Å². The largest absolute Gasteiger partial charge is 0.313 e. The predicted octanol–water partition coefficient (Wildman–Crippen LogP) is 2.55. The first-order valence-corrected chi connectivity index (χ1v) is 5.58. The highest BCUT2D eigenvalue weighted by atomic mass is 35.5. The molecule has 1 rings (SSSR count). The normalized spacial score (nSPS) is 13.1. The number of hydrogen-bond donors (Lipinski definition) is 1. The molecule has 0 heterocycles. The van der Waals surface area contributed by atoms with Crippen molar-refractivity contribution in [2.24, 2.45) is 0 Å². The highest BCUT2D eigenvalue weighted by Crippen LogP contribution is 2.20. The van der Waals surface area contributed by atoms with Gasteiger partial charge >= 0.3 is 0 Å². The molecule has 0 spiro atoms. The molecule has 2 nitrogen and oxygen atoms in total. The first-order chi connectivity index (χ1) is 7.13. The number of rotatable bonds is 5. The molecule has 0 aliphatic heterocycles. The summed E-state index contributed by atoms with van der Waals surface area (Å²) >= 11 is 5.97. The van der Waals surface area contributed by atoms with E-state index in [1.165, 1.54) is 5.56 Å². The molecule has 0 aliphatic carbocycles. The summed E-state index contributed by atoms with van der Waals surface area (Å²) in [6.07, 6.45) is 1.09. The lowest BCUT2D eigenvalue weighted by Crippen LogP contribution is -2.22. The van der Waals surface area contributed by atoms with E-state index in [1.54, 1.807) is 0 Å². The highest BCUT2D eigenvalue weighted by Gasteiger charge is 2.09. The molecule has 0 aliphatic rings. The summed E-state index contributed by atoms with van der Waals surface area (Å²) in [5.41, 5.74) is 1.26. The SMILES string of the molecule is CNC(CCN(C)C)c1cccc(Cl)c1. The van der Waals surface area contributed by atoms with Crippen LogP contribution in [0, 0.1) is 0 Å². The maximum Gasteiger partial charge on any atom is 0.0409 e. The Morgan fingerprint density at radius 1 is 1.40 bits per heavy atom. The zero-order chi connectivity index (χ0) is 11.3. The van der Waals surface area contributed by atoms with E-state index in [0.29, 0.717) is 6.04 Å². The molecule has 1 N–H and O–H groups in total. The third-order valence-corrected chi connectivity index (χ3v) is 2.70. The van der Waals surface area contributed by atoms with E-state index in [9.17, 15) is 0 Å². The molecule has 15 heavy (non-hydrogen) atoms. The van der Waals surface area contributed by atoms with Crippen LogP contribution in [-0.2, 0) is 0 Å². The maximum absolute atomic E-state index is 5.97. The molecule has 0 saturated carbocycles. The van der Waals surface area contributed by atoms with Crippen LogP contribution in [0.1, 0.15) is 18.0 Å². The standard InChI is InChI=1S/C12H19ClN2/c1-14-12(7-8-15(2)3)10-5-4-6-11(13)9-10/h4-6,9,12,14H,7-8H2,1-3H3. The molecular weight excluding hydrogens is 208 g/mol. The van der Waals surface area contributed by atoms with Gasteiger partial charge in [-0.3, -0.25) is 0 Å². The van der Waals surface area contributed by atoms with Crippen molar-refractivity contribution in [3.8, 4) is 0 Å². The van der Waals surface area contributed by atoms with Gasteiger partial charge in [-0.25, -0.2) is 0 Å². The Balaban J connectivity index is 2.65. The molecule has 0 fully saturated rings. The zero-order valence-corrected chi connectivity index (χ0v) is 10.4. The maximum atomic E-state index is 5.97. The van der Waals surface area contributed by atoms with E-state index >= 15 is 0 Å². The molecule has 0 aromatic heterocycles. The van der Waals surface area contributed by atoms with Gasteiger partial charge in [0.15, 0.2) is 0 Å². The summed E-state index contributed by atoms with van der Waals surface area (Å²) in [6, 6.07) is 8.42. The molecule has 3 heteroatoms. The van der Waals surface area contributed by atoms with Crippen molar-refractivity contribution in [1.29, 1.82) is 0 Å². The van der Waals surface area contributed by atoms with Gasteiger partial charge in [-0.05, 0) is 51.8 Å². The van der Waals surface area contributed by atoms with Crippen molar-refractivity contribution in [2.75, 3.05) is 27.7 Å². The van der Waals surface area contributed by atoms with Crippen molar-refractivity contribution < 1.29 is 0 Å². The quantitative estimate of drug-likeness (QED) is 0.830. The fraction of sp³-hybridized carbons (Fsp3) is 0.500. The van der Waals surface area contributed by atoms with Crippen LogP contribution in [0.4, 0.5) is 0 Å². The fourth-order valence-electron chi connectivity index (χ4n) is 1.59. The van der Waals surface area contributed by atoms with E-state index in [4.69, 9.17) is 11.6 Å². The Labute approximate surface area is 97.2 Å². The second kappa shape index (κ2) is 6.11. The lowest BCUT2D eigenvalue weighted by atomic mass is 10.0. The van der Waals surface area contributed by atoms with E-state index in [1.807, 2.05) is 25.2 Å². The molecule has 84 valence electrons. The highest BCUT2D eigenvalue weighted by molar-refractivity contribution is 6.30. The van der Waals surface area contributed by atoms with Crippen LogP contribution < -0.4 is 5.32 Å². The van der Waals surface area contributed by atoms with Gasteiger partial charge < -0.3 is 10.2 Å². The van der Waals surface area contributed by atoms with Gasteiger partial charge in [-0.1, -0.05) is 23.7 Å². The number of benzene rings is 1. The summed E-state index contributed by atoms with van der Waals surface area (Å²) in [5, 5.41) is 4.12. The van der Waals surface area contributed by atoms with Crippen molar-refractivity contribution in [1.82, 2.24) is 10.2 Å². The Hall–Kier alpha value is -0.570. The number of nitrogens with zero attached hydrogens (tertiary/aromatic N) is 1. The van der Waals surface area contributed by atoms with Crippen LogP contribution in [0.5, 0.6) is 0 Å². The van der Waals surface area contributed by atoms with Gasteiger partial charge in [-0.2, -0.15) is 0 Å². The van der Waals surface area contributed by atoms with Gasteiger partial charge in [0.1, 0.15) is 0 Å². The topological polar surface area (TPSA) is 15.3 Å². The molecule has 0 amide bonds. The average molecular weight is 227 g/mol.